The molecule has 2 rings (SSSR count). The molecule has 1 fully saturated rings. The number of nitrogens with zero attached hydrogens (tertiary/aromatic N) is 1. The standard InChI is InChI=1S/C12H17NO3/c1-2-15-12(14)11-8-10(13-16-11)9-6-4-3-5-7-9/h8-9H,2-7H2,1H3. The normalized spacial score (nSPS) is 17.3. The quantitative estimate of drug-likeness (QED) is 0.739. The molecular formula is C12H17NO3. The Balaban J connectivity index is 2.03. The SMILES string of the molecule is CCOC(=O)c1cc(C2CCCCC2)no1. The van der Waals surface area contributed by atoms with Gasteiger partial charge in [0.15, 0.2) is 0 Å². The van der Waals surface area contributed by atoms with Crippen molar-refractivity contribution >= 4 is 5.97 Å². The molecule has 1 aromatic rings. The Kier molecular flexibility index (Phi) is 3.59. The van der Waals surface area contributed by atoms with E-state index in [1.807, 2.05) is 0 Å². The number of hydrogen-bond acceptors (Lipinski definition) is 4. The van der Waals surface area contributed by atoms with Gasteiger partial charge in [-0.2, -0.15) is 0 Å². The van der Waals surface area contributed by atoms with Crippen LogP contribution in [0.5, 0.6) is 0 Å². The van der Waals surface area contributed by atoms with Crippen molar-refractivity contribution in [3.63, 3.8) is 0 Å². The highest BCUT2D eigenvalue weighted by Gasteiger charge is 2.21. The summed E-state index contributed by atoms with van der Waals surface area (Å²) < 4.78 is 9.86. The first-order valence-corrected chi connectivity index (χ1v) is 5.95. The van der Waals surface area contributed by atoms with Crippen molar-refractivity contribution in [1.82, 2.24) is 5.16 Å². The largest absolute Gasteiger partial charge is 0.460 e. The molecule has 0 radical (unpaired) electrons. The minimum absolute atomic E-state index is 0.224. The molecule has 16 heavy (non-hydrogen) atoms. The number of rotatable bonds is 3. The number of carbonyl (C=O) groups is 1. The summed E-state index contributed by atoms with van der Waals surface area (Å²) in [5.74, 6) is 0.264. The highest BCUT2D eigenvalue weighted by molar-refractivity contribution is 5.86. The molecule has 0 amide bonds. The molecule has 0 bridgehead atoms. The summed E-state index contributed by atoms with van der Waals surface area (Å²) >= 11 is 0. The van der Waals surface area contributed by atoms with Crippen LogP contribution < -0.4 is 0 Å². The van der Waals surface area contributed by atoms with E-state index < -0.39 is 5.97 Å². The van der Waals surface area contributed by atoms with Gasteiger partial charge in [0.05, 0.1) is 12.3 Å². The van der Waals surface area contributed by atoms with Crippen molar-refractivity contribution in [2.45, 2.75) is 44.9 Å². The zero-order chi connectivity index (χ0) is 11.4. The molecule has 1 heterocycles. The summed E-state index contributed by atoms with van der Waals surface area (Å²) in [7, 11) is 0. The van der Waals surface area contributed by atoms with Gasteiger partial charge in [0.25, 0.3) is 0 Å². The van der Waals surface area contributed by atoms with Gasteiger partial charge >= 0.3 is 5.97 Å². The average molecular weight is 223 g/mol. The van der Waals surface area contributed by atoms with Gasteiger partial charge in [-0.15, -0.1) is 0 Å². The van der Waals surface area contributed by atoms with Gasteiger partial charge in [-0.25, -0.2) is 4.79 Å². The predicted molar refractivity (Wildman–Crippen MR) is 58.3 cm³/mol. The first-order valence-electron chi connectivity index (χ1n) is 5.95. The van der Waals surface area contributed by atoms with Crippen LogP contribution in [0.3, 0.4) is 0 Å². The molecule has 0 spiro atoms. The Labute approximate surface area is 95.0 Å². The van der Waals surface area contributed by atoms with Crippen LogP contribution in [0.25, 0.3) is 0 Å². The smallest absolute Gasteiger partial charge is 0.377 e. The number of esters is 1. The molecule has 1 aliphatic rings. The van der Waals surface area contributed by atoms with E-state index in [0.717, 1.165) is 18.5 Å². The summed E-state index contributed by atoms with van der Waals surface area (Å²) in [6.07, 6.45) is 6.08. The summed E-state index contributed by atoms with van der Waals surface area (Å²) in [6.45, 7) is 2.13. The van der Waals surface area contributed by atoms with E-state index in [1.54, 1.807) is 13.0 Å². The second-order valence-electron chi connectivity index (χ2n) is 4.17. The second kappa shape index (κ2) is 5.14. The number of hydrogen-bond donors (Lipinski definition) is 0. The Hall–Kier alpha value is -1.32. The molecule has 4 nitrogen and oxygen atoms in total. The van der Waals surface area contributed by atoms with Crippen molar-refractivity contribution in [3.05, 3.63) is 17.5 Å². The van der Waals surface area contributed by atoms with Crippen molar-refractivity contribution in [3.8, 4) is 0 Å². The van der Waals surface area contributed by atoms with E-state index in [4.69, 9.17) is 9.26 Å². The third-order valence-corrected chi connectivity index (χ3v) is 3.03. The van der Waals surface area contributed by atoms with Gasteiger partial charge in [-0.05, 0) is 19.8 Å². The molecule has 0 aromatic carbocycles. The maximum Gasteiger partial charge on any atom is 0.377 e. The Morgan fingerprint density at radius 1 is 1.50 bits per heavy atom. The molecule has 0 aliphatic heterocycles. The van der Waals surface area contributed by atoms with Crippen LogP contribution in [0.15, 0.2) is 10.6 Å². The lowest BCUT2D eigenvalue weighted by atomic mass is 9.87. The van der Waals surface area contributed by atoms with Crippen LogP contribution in [-0.2, 0) is 4.74 Å². The van der Waals surface area contributed by atoms with Crippen LogP contribution >= 0.6 is 0 Å². The highest BCUT2D eigenvalue weighted by atomic mass is 16.6. The van der Waals surface area contributed by atoms with Gasteiger partial charge in [-0.3, -0.25) is 0 Å². The van der Waals surface area contributed by atoms with Crippen molar-refractivity contribution in [2.24, 2.45) is 0 Å². The van der Waals surface area contributed by atoms with Crippen LogP contribution in [0.4, 0.5) is 0 Å². The third-order valence-electron chi connectivity index (χ3n) is 3.03. The van der Waals surface area contributed by atoms with E-state index in [0.29, 0.717) is 12.5 Å². The Morgan fingerprint density at radius 3 is 2.94 bits per heavy atom. The first-order chi connectivity index (χ1) is 7.81. The number of carbonyl (C=O) groups excluding carboxylic acids is 1. The monoisotopic (exact) mass is 223 g/mol. The van der Waals surface area contributed by atoms with Gasteiger partial charge < -0.3 is 9.26 Å². The molecule has 1 aromatic heterocycles. The molecular weight excluding hydrogens is 206 g/mol. The minimum atomic E-state index is -0.419. The van der Waals surface area contributed by atoms with Crippen molar-refractivity contribution in [1.29, 1.82) is 0 Å². The maximum absolute atomic E-state index is 11.4. The van der Waals surface area contributed by atoms with Crippen LogP contribution in [0.2, 0.25) is 0 Å². The predicted octanol–water partition coefficient (Wildman–Crippen LogP) is 2.90. The molecule has 4 heteroatoms. The average Bonchev–Trinajstić information content (AvgIpc) is 2.80. The van der Waals surface area contributed by atoms with E-state index in [9.17, 15) is 4.79 Å². The van der Waals surface area contributed by atoms with E-state index >= 15 is 0 Å². The fraction of sp³-hybridized carbons (Fsp3) is 0.667. The fourth-order valence-corrected chi connectivity index (χ4v) is 2.18. The molecule has 0 N–H and O–H groups in total. The van der Waals surface area contributed by atoms with Gasteiger partial charge in [0.1, 0.15) is 0 Å². The molecule has 88 valence electrons. The molecule has 0 saturated heterocycles. The van der Waals surface area contributed by atoms with Crippen LogP contribution in [-0.4, -0.2) is 17.7 Å². The van der Waals surface area contributed by atoms with Crippen LogP contribution in [0, 0.1) is 0 Å². The summed E-state index contributed by atoms with van der Waals surface area (Å²) in [5, 5.41) is 3.97. The van der Waals surface area contributed by atoms with Gasteiger partial charge in [0, 0.05) is 12.0 Å². The van der Waals surface area contributed by atoms with Gasteiger partial charge in [0.2, 0.25) is 5.76 Å². The summed E-state index contributed by atoms with van der Waals surface area (Å²) in [5.41, 5.74) is 0.905. The zero-order valence-corrected chi connectivity index (χ0v) is 9.57. The maximum atomic E-state index is 11.4. The summed E-state index contributed by atoms with van der Waals surface area (Å²) in [6, 6.07) is 1.73. The Bertz CT molecular complexity index is 353. The lowest BCUT2D eigenvalue weighted by Crippen LogP contribution is -2.05. The third kappa shape index (κ3) is 2.43. The lowest BCUT2D eigenvalue weighted by Gasteiger charge is -2.18. The number of aromatic nitrogens is 1. The zero-order valence-electron chi connectivity index (χ0n) is 9.57. The van der Waals surface area contributed by atoms with E-state index in [2.05, 4.69) is 5.16 Å². The van der Waals surface area contributed by atoms with Crippen molar-refractivity contribution in [2.75, 3.05) is 6.61 Å². The minimum Gasteiger partial charge on any atom is -0.460 e. The first kappa shape index (κ1) is 11.2. The van der Waals surface area contributed by atoms with Crippen molar-refractivity contribution < 1.29 is 14.1 Å². The van der Waals surface area contributed by atoms with E-state index in [1.165, 1.54) is 19.3 Å². The molecule has 0 unspecified atom stereocenters. The topological polar surface area (TPSA) is 52.3 Å². The molecule has 1 aliphatic carbocycles. The van der Waals surface area contributed by atoms with Crippen LogP contribution in [0.1, 0.15) is 61.2 Å². The molecule has 1 saturated carbocycles. The molecule has 0 atom stereocenters. The van der Waals surface area contributed by atoms with E-state index in [-0.39, 0.29) is 5.76 Å². The summed E-state index contributed by atoms with van der Waals surface area (Å²) in [4.78, 5) is 11.4. The highest BCUT2D eigenvalue weighted by Crippen LogP contribution is 2.32. The lowest BCUT2D eigenvalue weighted by molar-refractivity contribution is 0.0479. The second-order valence-corrected chi connectivity index (χ2v) is 4.17. The fourth-order valence-electron chi connectivity index (χ4n) is 2.18. The van der Waals surface area contributed by atoms with Gasteiger partial charge in [-0.1, -0.05) is 24.4 Å². The number of ether oxygens (including phenoxy) is 1. The Morgan fingerprint density at radius 2 is 2.25 bits per heavy atom.